The molecule has 1 saturated heterocycles. The maximum Gasteiger partial charge on any atom is 0.332 e. The van der Waals surface area contributed by atoms with Crippen LogP contribution in [0, 0.1) is 0 Å². The summed E-state index contributed by atoms with van der Waals surface area (Å²) in [6.07, 6.45) is 6.96. The Morgan fingerprint density at radius 2 is 2.20 bits per heavy atom. The highest BCUT2D eigenvalue weighted by Gasteiger charge is 2.30. The van der Waals surface area contributed by atoms with Crippen molar-refractivity contribution < 1.29 is 19.4 Å². The van der Waals surface area contributed by atoms with Crippen LogP contribution >= 0.6 is 0 Å². The summed E-state index contributed by atoms with van der Waals surface area (Å²) < 4.78 is 5.31. The Balaban J connectivity index is 1.55. The second-order valence-electron chi connectivity index (χ2n) is 5.30. The molecule has 6 heteroatoms. The Morgan fingerprint density at radius 1 is 1.35 bits per heavy atom. The van der Waals surface area contributed by atoms with Gasteiger partial charge in [-0.3, -0.25) is 0 Å². The minimum absolute atomic E-state index is 0.195. The standard InChI is InChI=1S/C14H22N2O4/c17-13(18)12-6-5-11(20-12)9-16-14(19)15-8-7-10-3-1-2-4-10/h3,11-12H,1-2,4-9H2,(H,17,18)(H2,15,16,19). The normalized spacial score (nSPS) is 25.3. The van der Waals surface area contributed by atoms with Crippen molar-refractivity contribution in [1.29, 1.82) is 0 Å². The van der Waals surface area contributed by atoms with E-state index in [2.05, 4.69) is 16.7 Å². The summed E-state index contributed by atoms with van der Waals surface area (Å²) in [7, 11) is 0. The number of hydrogen-bond acceptors (Lipinski definition) is 3. The molecule has 0 saturated carbocycles. The Morgan fingerprint density at radius 3 is 2.85 bits per heavy atom. The van der Waals surface area contributed by atoms with Gasteiger partial charge in [0.1, 0.15) is 0 Å². The first kappa shape index (κ1) is 14.8. The molecule has 2 unspecified atom stereocenters. The summed E-state index contributed by atoms with van der Waals surface area (Å²) in [5.41, 5.74) is 1.42. The SMILES string of the molecule is O=C(NCCC1=CCCC1)NCC1CCC(C(=O)O)O1. The van der Waals surface area contributed by atoms with Gasteiger partial charge in [-0.1, -0.05) is 11.6 Å². The molecule has 0 aromatic heterocycles. The first-order valence-corrected chi connectivity index (χ1v) is 7.23. The van der Waals surface area contributed by atoms with E-state index in [0.29, 0.717) is 25.9 Å². The zero-order chi connectivity index (χ0) is 14.4. The molecular formula is C14H22N2O4. The van der Waals surface area contributed by atoms with E-state index in [1.54, 1.807) is 0 Å². The maximum atomic E-state index is 11.6. The van der Waals surface area contributed by atoms with Crippen molar-refractivity contribution in [2.45, 2.75) is 50.7 Å². The number of urea groups is 1. The molecule has 112 valence electrons. The van der Waals surface area contributed by atoms with Crippen LogP contribution in [0.5, 0.6) is 0 Å². The zero-order valence-electron chi connectivity index (χ0n) is 11.6. The van der Waals surface area contributed by atoms with Gasteiger partial charge < -0.3 is 20.5 Å². The Kier molecular flexibility index (Phi) is 5.40. The highest BCUT2D eigenvalue weighted by atomic mass is 16.5. The fraction of sp³-hybridized carbons (Fsp3) is 0.714. The fourth-order valence-corrected chi connectivity index (χ4v) is 2.61. The number of nitrogens with one attached hydrogen (secondary N) is 2. The van der Waals surface area contributed by atoms with E-state index < -0.39 is 12.1 Å². The zero-order valence-corrected chi connectivity index (χ0v) is 11.6. The van der Waals surface area contributed by atoms with Crippen LogP contribution < -0.4 is 10.6 Å². The molecule has 1 aliphatic heterocycles. The lowest BCUT2D eigenvalue weighted by Crippen LogP contribution is -2.40. The molecule has 1 heterocycles. The average molecular weight is 282 g/mol. The van der Waals surface area contributed by atoms with Gasteiger partial charge in [0, 0.05) is 13.1 Å². The predicted molar refractivity (Wildman–Crippen MR) is 73.5 cm³/mol. The fourth-order valence-electron chi connectivity index (χ4n) is 2.61. The lowest BCUT2D eigenvalue weighted by atomic mass is 10.2. The average Bonchev–Trinajstić information content (AvgIpc) is 3.07. The van der Waals surface area contributed by atoms with Gasteiger partial charge in [0.15, 0.2) is 6.10 Å². The highest BCUT2D eigenvalue weighted by Crippen LogP contribution is 2.20. The van der Waals surface area contributed by atoms with Gasteiger partial charge in [0.25, 0.3) is 0 Å². The van der Waals surface area contributed by atoms with Crippen molar-refractivity contribution in [3.05, 3.63) is 11.6 Å². The van der Waals surface area contributed by atoms with Crippen molar-refractivity contribution in [1.82, 2.24) is 10.6 Å². The molecule has 2 aliphatic rings. The van der Waals surface area contributed by atoms with Crippen LogP contribution in [0.25, 0.3) is 0 Å². The first-order chi connectivity index (χ1) is 9.65. The molecule has 3 N–H and O–H groups in total. The van der Waals surface area contributed by atoms with Crippen LogP contribution in [0.4, 0.5) is 4.79 Å². The van der Waals surface area contributed by atoms with Crippen LogP contribution in [-0.2, 0) is 9.53 Å². The molecule has 20 heavy (non-hydrogen) atoms. The Hall–Kier alpha value is -1.56. The molecule has 6 nitrogen and oxygen atoms in total. The molecule has 2 amide bonds. The van der Waals surface area contributed by atoms with E-state index >= 15 is 0 Å². The minimum Gasteiger partial charge on any atom is -0.479 e. The van der Waals surface area contributed by atoms with E-state index in [0.717, 1.165) is 19.3 Å². The molecule has 1 aliphatic carbocycles. The van der Waals surface area contributed by atoms with E-state index in [-0.39, 0.29) is 12.1 Å². The lowest BCUT2D eigenvalue weighted by molar-refractivity contribution is -0.149. The summed E-state index contributed by atoms with van der Waals surface area (Å²) in [5, 5.41) is 14.3. The number of rotatable bonds is 6. The molecule has 0 spiro atoms. The van der Waals surface area contributed by atoms with Gasteiger partial charge in [-0.25, -0.2) is 9.59 Å². The van der Waals surface area contributed by atoms with Crippen LogP contribution in [0.15, 0.2) is 11.6 Å². The molecule has 2 atom stereocenters. The van der Waals surface area contributed by atoms with Crippen LogP contribution in [0.2, 0.25) is 0 Å². The van der Waals surface area contributed by atoms with Crippen LogP contribution in [0.1, 0.15) is 38.5 Å². The van der Waals surface area contributed by atoms with Gasteiger partial charge in [0.05, 0.1) is 6.10 Å². The van der Waals surface area contributed by atoms with E-state index in [4.69, 9.17) is 9.84 Å². The largest absolute Gasteiger partial charge is 0.479 e. The van der Waals surface area contributed by atoms with Crippen LogP contribution in [0.3, 0.4) is 0 Å². The van der Waals surface area contributed by atoms with Crippen molar-refractivity contribution in [2.24, 2.45) is 0 Å². The molecule has 0 aromatic rings. The summed E-state index contributed by atoms with van der Waals surface area (Å²) in [6.45, 7) is 0.999. The van der Waals surface area contributed by atoms with Crippen molar-refractivity contribution in [2.75, 3.05) is 13.1 Å². The summed E-state index contributed by atoms with van der Waals surface area (Å²) in [6, 6.07) is -0.217. The molecule has 0 aromatic carbocycles. The van der Waals surface area contributed by atoms with Crippen molar-refractivity contribution in [3.63, 3.8) is 0 Å². The highest BCUT2D eigenvalue weighted by molar-refractivity contribution is 5.74. The van der Waals surface area contributed by atoms with E-state index in [9.17, 15) is 9.59 Å². The number of carboxylic acids is 1. The molecular weight excluding hydrogens is 260 g/mol. The Labute approximate surface area is 118 Å². The van der Waals surface area contributed by atoms with E-state index in [1.165, 1.54) is 12.0 Å². The number of aliphatic carboxylic acids is 1. The first-order valence-electron chi connectivity index (χ1n) is 7.23. The molecule has 0 radical (unpaired) electrons. The van der Waals surface area contributed by atoms with Gasteiger partial charge in [-0.2, -0.15) is 0 Å². The number of hydrogen-bond donors (Lipinski definition) is 3. The monoisotopic (exact) mass is 282 g/mol. The second-order valence-corrected chi connectivity index (χ2v) is 5.30. The van der Waals surface area contributed by atoms with Gasteiger partial charge in [-0.05, 0) is 38.5 Å². The number of ether oxygens (including phenoxy) is 1. The lowest BCUT2D eigenvalue weighted by Gasteiger charge is -2.13. The second kappa shape index (κ2) is 7.28. The summed E-state index contributed by atoms with van der Waals surface area (Å²) in [4.78, 5) is 22.3. The molecule has 1 fully saturated rings. The molecule has 2 rings (SSSR count). The third kappa shape index (κ3) is 4.52. The summed E-state index contributed by atoms with van der Waals surface area (Å²) in [5.74, 6) is -0.929. The summed E-state index contributed by atoms with van der Waals surface area (Å²) >= 11 is 0. The maximum absolute atomic E-state index is 11.6. The smallest absolute Gasteiger partial charge is 0.332 e. The number of carboxylic acid groups (broad SMARTS) is 1. The number of carbonyl (C=O) groups is 2. The predicted octanol–water partition coefficient (Wildman–Crippen LogP) is 1.42. The molecule has 0 bridgehead atoms. The quantitative estimate of drug-likeness (QED) is 0.643. The van der Waals surface area contributed by atoms with Crippen molar-refractivity contribution >= 4 is 12.0 Å². The van der Waals surface area contributed by atoms with Crippen LogP contribution in [-0.4, -0.2) is 42.4 Å². The topological polar surface area (TPSA) is 87.7 Å². The third-order valence-corrected chi connectivity index (χ3v) is 3.74. The van der Waals surface area contributed by atoms with E-state index in [1.807, 2.05) is 0 Å². The van der Waals surface area contributed by atoms with Gasteiger partial charge in [0.2, 0.25) is 0 Å². The van der Waals surface area contributed by atoms with Crippen molar-refractivity contribution in [3.8, 4) is 0 Å². The van der Waals surface area contributed by atoms with Gasteiger partial charge >= 0.3 is 12.0 Å². The number of carbonyl (C=O) groups excluding carboxylic acids is 1. The Bertz CT molecular complexity index is 395. The third-order valence-electron chi connectivity index (χ3n) is 3.74. The van der Waals surface area contributed by atoms with Gasteiger partial charge in [-0.15, -0.1) is 0 Å². The number of allylic oxidation sites excluding steroid dienone is 1. The number of amides is 2. The minimum atomic E-state index is -0.929.